The zero-order valence-electron chi connectivity index (χ0n) is 10.3. The third kappa shape index (κ3) is 2.33. The number of nitrogens with one attached hydrogen (secondary N) is 2. The third-order valence-corrected chi connectivity index (χ3v) is 3.86. The highest BCUT2D eigenvalue weighted by atomic mass is 19.4. The topological polar surface area (TPSA) is 44.4 Å². The molecule has 2 atom stereocenters. The molecular formula is C11H18F3N3O. The standard InChI is InChI=1S/C11H18F3N3O/c1-17-5-2-8(6-17)16-9(18)10(11(12,13)14)3-4-15-7-10/h8,15H,2-7H2,1H3,(H,16,18). The average molecular weight is 265 g/mol. The molecule has 0 aromatic carbocycles. The van der Waals surface area contributed by atoms with E-state index in [4.69, 9.17) is 0 Å². The van der Waals surface area contributed by atoms with Gasteiger partial charge in [-0.15, -0.1) is 0 Å². The highest BCUT2D eigenvalue weighted by Crippen LogP contribution is 2.43. The Labute approximate surface area is 104 Å². The largest absolute Gasteiger partial charge is 0.404 e. The van der Waals surface area contributed by atoms with Crippen LogP contribution in [0.15, 0.2) is 0 Å². The van der Waals surface area contributed by atoms with Gasteiger partial charge in [0, 0.05) is 19.1 Å². The van der Waals surface area contributed by atoms with E-state index in [0.29, 0.717) is 13.0 Å². The number of alkyl halides is 3. The normalized spacial score (nSPS) is 33.9. The van der Waals surface area contributed by atoms with Gasteiger partial charge in [-0.1, -0.05) is 0 Å². The van der Waals surface area contributed by atoms with E-state index in [0.717, 1.165) is 6.54 Å². The second-order valence-electron chi connectivity index (χ2n) is 5.23. The highest BCUT2D eigenvalue weighted by molar-refractivity contribution is 5.84. The molecule has 2 saturated heterocycles. The maximum absolute atomic E-state index is 13.1. The van der Waals surface area contributed by atoms with Crippen molar-refractivity contribution < 1.29 is 18.0 Å². The number of nitrogens with zero attached hydrogens (tertiary/aromatic N) is 1. The molecule has 2 heterocycles. The lowest BCUT2D eigenvalue weighted by Crippen LogP contribution is -2.54. The summed E-state index contributed by atoms with van der Waals surface area (Å²) in [7, 11) is 1.89. The fourth-order valence-electron chi connectivity index (χ4n) is 2.63. The fourth-order valence-corrected chi connectivity index (χ4v) is 2.63. The zero-order chi connectivity index (χ0) is 13.4. The van der Waals surface area contributed by atoms with E-state index in [1.807, 2.05) is 11.9 Å². The molecule has 2 aliphatic rings. The second-order valence-corrected chi connectivity index (χ2v) is 5.23. The van der Waals surface area contributed by atoms with Crippen LogP contribution in [-0.2, 0) is 4.79 Å². The molecule has 104 valence electrons. The first-order valence-corrected chi connectivity index (χ1v) is 6.12. The molecule has 18 heavy (non-hydrogen) atoms. The Balaban J connectivity index is 2.05. The van der Waals surface area contributed by atoms with Gasteiger partial charge in [-0.3, -0.25) is 4.79 Å². The lowest BCUT2D eigenvalue weighted by atomic mass is 9.85. The van der Waals surface area contributed by atoms with E-state index in [-0.39, 0.29) is 25.6 Å². The molecule has 2 rings (SSSR count). The molecule has 0 aromatic rings. The van der Waals surface area contributed by atoms with Gasteiger partial charge in [0.1, 0.15) is 0 Å². The number of carbonyl (C=O) groups is 1. The molecule has 4 nitrogen and oxygen atoms in total. The lowest BCUT2D eigenvalue weighted by molar-refractivity contribution is -0.216. The number of hydrogen-bond acceptors (Lipinski definition) is 3. The van der Waals surface area contributed by atoms with Crippen LogP contribution in [0.25, 0.3) is 0 Å². The van der Waals surface area contributed by atoms with E-state index in [1.54, 1.807) is 0 Å². The fraction of sp³-hybridized carbons (Fsp3) is 0.909. The second kappa shape index (κ2) is 4.70. The number of amides is 1. The molecule has 2 unspecified atom stereocenters. The number of likely N-dealkylation sites (tertiary alicyclic amines) is 1. The van der Waals surface area contributed by atoms with Crippen molar-refractivity contribution in [2.45, 2.75) is 25.1 Å². The Bertz CT molecular complexity index is 326. The molecule has 0 spiro atoms. The van der Waals surface area contributed by atoms with Gasteiger partial charge in [0.15, 0.2) is 5.41 Å². The number of halogens is 3. The summed E-state index contributed by atoms with van der Waals surface area (Å²) in [4.78, 5) is 14.0. The van der Waals surface area contributed by atoms with Crippen LogP contribution < -0.4 is 10.6 Å². The molecule has 7 heteroatoms. The summed E-state index contributed by atoms with van der Waals surface area (Å²) in [6, 6.07) is -0.165. The van der Waals surface area contributed by atoms with Gasteiger partial charge in [0.25, 0.3) is 0 Å². The van der Waals surface area contributed by atoms with E-state index in [1.165, 1.54) is 0 Å². The zero-order valence-corrected chi connectivity index (χ0v) is 10.3. The maximum atomic E-state index is 13.1. The number of rotatable bonds is 2. The molecule has 2 fully saturated rings. The number of hydrogen-bond donors (Lipinski definition) is 2. The molecular weight excluding hydrogens is 247 g/mol. The molecule has 2 N–H and O–H groups in total. The minimum atomic E-state index is -4.49. The summed E-state index contributed by atoms with van der Waals surface area (Å²) in [6.45, 7) is 1.34. The summed E-state index contributed by atoms with van der Waals surface area (Å²) < 4.78 is 39.3. The van der Waals surface area contributed by atoms with E-state index >= 15 is 0 Å². The first-order valence-electron chi connectivity index (χ1n) is 6.12. The van der Waals surface area contributed by atoms with Crippen LogP contribution in [0.4, 0.5) is 13.2 Å². The van der Waals surface area contributed by atoms with Crippen LogP contribution in [-0.4, -0.2) is 56.3 Å². The van der Waals surface area contributed by atoms with Crippen molar-refractivity contribution in [1.82, 2.24) is 15.5 Å². The van der Waals surface area contributed by atoms with E-state index in [9.17, 15) is 18.0 Å². The van der Waals surface area contributed by atoms with Crippen molar-refractivity contribution in [2.24, 2.45) is 5.41 Å². The smallest absolute Gasteiger partial charge is 0.351 e. The van der Waals surface area contributed by atoms with Crippen LogP contribution in [0.3, 0.4) is 0 Å². The molecule has 1 amide bonds. The predicted molar refractivity (Wildman–Crippen MR) is 60.0 cm³/mol. The summed E-state index contributed by atoms with van der Waals surface area (Å²) in [5, 5.41) is 5.20. The van der Waals surface area contributed by atoms with Gasteiger partial charge in [-0.25, -0.2) is 0 Å². The molecule has 0 radical (unpaired) electrons. The minimum absolute atomic E-state index is 0.165. The number of likely N-dealkylation sites (N-methyl/N-ethyl adjacent to an activating group) is 1. The van der Waals surface area contributed by atoms with Gasteiger partial charge in [0.2, 0.25) is 5.91 Å². The van der Waals surface area contributed by atoms with Crippen molar-refractivity contribution in [3.05, 3.63) is 0 Å². The highest BCUT2D eigenvalue weighted by Gasteiger charge is 2.61. The van der Waals surface area contributed by atoms with Gasteiger partial charge in [-0.2, -0.15) is 13.2 Å². The maximum Gasteiger partial charge on any atom is 0.404 e. The van der Waals surface area contributed by atoms with Gasteiger partial charge >= 0.3 is 6.18 Å². The Morgan fingerprint density at radius 3 is 2.67 bits per heavy atom. The Hall–Kier alpha value is -0.820. The molecule has 0 aliphatic carbocycles. The monoisotopic (exact) mass is 265 g/mol. The lowest BCUT2D eigenvalue weighted by Gasteiger charge is -2.30. The molecule has 0 aromatic heterocycles. The first-order chi connectivity index (χ1) is 8.35. The van der Waals surface area contributed by atoms with Gasteiger partial charge in [-0.05, 0) is 33.0 Å². The van der Waals surface area contributed by atoms with Crippen LogP contribution >= 0.6 is 0 Å². The predicted octanol–water partition coefficient (Wildman–Crippen LogP) is 0.349. The minimum Gasteiger partial charge on any atom is -0.351 e. The van der Waals surface area contributed by atoms with E-state index in [2.05, 4.69) is 10.6 Å². The van der Waals surface area contributed by atoms with Crippen molar-refractivity contribution in [2.75, 3.05) is 33.2 Å². The van der Waals surface area contributed by atoms with Crippen molar-refractivity contribution in [3.8, 4) is 0 Å². The molecule has 0 bridgehead atoms. The van der Waals surface area contributed by atoms with Gasteiger partial charge in [0.05, 0.1) is 0 Å². The summed E-state index contributed by atoms with van der Waals surface area (Å²) in [6.07, 6.45) is -3.96. The summed E-state index contributed by atoms with van der Waals surface area (Å²) >= 11 is 0. The van der Waals surface area contributed by atoms with Crippen LogP contribution in [0.5, 0.6) is 0 Å². The van der Waals surface area contributed by atoms with Crippen molar-refractivity contribution in [1.29, 1.82) is 0 Å². The van der Waals surface area contributed by atoms with E-state index < -0.39 is 17.5 Å². The Morgan fingerprint density at radius 1 is 1.50 bits per heavy atom. The summed E-state index contributed by atoms with van der Waals surface area (Å²) in [5.74, 6) is -0.875. The third-order valence-electron chi connectivity index (χ3n) is 3.86. The van der Waals surface area contributed by atoms with Crippen LogP contribution in [0.2, 0.25) is 0 Å². The molecule has 2 aliphatic heterocycles. The van der Waals surface area contributed by atoms with Crippen LogP contribution in [0.1, 0.15) is 12.8 Å². The van der Waals surface area contributed by atoms with Crippen LogP contribution in [0, 0.1) is 5.41 Å². The molecule has 0 saturated carbocycles. The average Bonchev–Trinajstić information content (AvgIpc) is 2.86. The number of carbonyl (C=O) groups excluding carboxylic acids is 1. The first kappa shape index (κ1) is 13.6. The Kier molecular flexibility index (Phi) is 3.55. The van der Waals surface area contributed by atoms with Gasteiger partial charge < -0.3 is 15.5 Å². The Morgan fingerprint density at radius 2 is 2.22 bits per heavy atom. The van der Waals surface area contributed by atoms with Crippen molar-refractivity contribution >= 4 is 5.91 Å². The van der Waals surface area contributed by atoms with Crippen molar-refractivity contribution in [3.63, 3.8) is 0 Å². The SMILES string of the molecule is CN1CCC(NC(=O)C2(C(F)(F)F)CCNC2)C1. The quantitative estimate of drug-likeness (QED) is 0.757. The summed E-state index contributed by atoms with van der Waals surface area (Å²) in [5.41, 5.74) is -2.24.